The summed E-state index contributed by atoms with van der Waals surface area (Å²) < 4.78 is 2.41. The second-order valence-corrected chi connectivity index (χ2v) is 4.77. The van der Waals surface area contributed by atoms with E-state index in [1.807, 2.05) is 36.3 Å². The van der Waals surface area contributed by atoms with Crippen LogP contribution in [-0.2, 0) is 4.79 Å². The number of nitrogens with zero attached hydrogens (tertiary/aromatic N) is 3. The molecule has 6 heteroatoms. The Morgan fingerprint density at radius 3 is 2.84 bits per heavy atom. The van der Waals surface area contributed by atoms with E-state index in [1.54, 1.807) is 12.4 Å². The molecule has 0 bridgehead atoms. The van der Waals surface area contributed by atoms with Crippen LogP contribution in [0.2, 0.25) is 0 Å². The van der Waals surface area contributed by atoms with Gasteiger partial charge in [-0.05, 0) is 39.1 Å². The number of H-pyrrole nitrogens is 1. The molecule has 0 aliphatic carbocycles. The van der Waals surface area contributed by atoms with Gasteiger partial charge in [0.1, 0.15) is 6.04 Å². The summed E-state index contributed by atoms with van der Waals surface area (Å²) in [4.78, 5) is 21.4. The van der Waals surface area contributed by atoms with E-state index in [2.05, 4.69) is 9.97 Å². The van der Waals surface area contributed by atoms with E-state index >= 15 is 0 Å². The molecular formula is C13H18N4OS. The molecular weight excluding hydrogens is 260 g/mol. The second-order valence-electron chi connectivity index (χ2n) is 4.38. The van der Waals surface area contributed by atoms with E-state index in [-0.39, 0.29) is 11.9 Å². The number of rotatable bonds is 4. The number of carbonyl (C=O) groups excluding carboxylic acids is 1. The Morgan fingerprint density at radius 1 is 1.53 bits per heavy atom. The third-order valence-electron chi connectivity index (χ3n) is 3.34. The molecule has 2 aromatic rings. The molecule has 1 atom stereocenters. The average Bonchev–Trinajstić information content (AvgIpc) is 2.75. The minimum atomic E-state index is -0.316. The first-order valence-corrected chi connectivity index (χ1v) is 6.84. The Bertz CT molecular complexity index is 641. The van der Waals surface area contributed by atoms with Gasteiger partial charge in [-0.15, -0.1) is 0 Å². The normalized spacial score (nSPS) is 12.6. The van der Waals surface area contributed by atoms with E-state index in [4.69, 9.17) is 12.2 Å². The molecule has 19 heavy (non-hydrogen) atoms. The SMILES string of the molecule is CCN(CC)C(=O)C(C)n1c(=S)[nH]c2cnccc21. The Balaban J connectivity index is 2.47. The molecule has 2 heterocycles. The van der Waals surface area contributed by atoms with Gasteiger partial charge in [-0.1, -0.05) is 0 Å². The number of hydrogen-bond donors (Lipinski definition) is 1. The number of likely N-dealkylation sites (N-methyl/N-ethyl adjacent to an activating group) is 1. The lowest BCUT2D eigenvalue weighted by molar-refractivity contribution is -0.133. The molecule has 0 saturated carbocycles. The number of hydrogen-bond acceptors (Lipinski definition) is 3. The lowest BCUT2D eigenvalue weighted by Crippen LogP contribution is -2.36. The summed E-state index contributed by atoms with van der Waals surface area (Å²) in [5.74, 6) is 0.0822. The zero-order valence-electron chi connectivity index (χ0n) is 11.4. The number of imidazole rings is 1. The first-order valence-electron chi connectivity index (χ1n) is 6.43. The Kier molecular flexibility index (Phi) is 3.99. The molecule has 0 saturated heterocycles. The first kappa shape index (κ1) is 13.7. The van der Waals surface area contributed by atoms with Gasteiger partial charge in [-0.25, -0.2) is 0 Å². The van der Waals surface area contributed by atoms with Crippen LogP contribution >= 0.6 is 12.2 Å². The van der Waals surface area contributed by atoms with Gasteiger partial charge in [0.15, 0.2) is 4.77 Å². The van der Waals surface area contributed by atoms with Crippen molar-refractivity contribution in [1.82, 2.24) is 19.4 Å². The van der Waals surface area contributed by atoms with Crippen molar-refractivity contribution in [1.29, 1.82) is 0 Å². The average molecular weight is 278 g/mol. The van der Waals surface area contributed by atoms with Crippen LogP contribution in [0.5, 0.6) is 0 Å². The molecule has 102 valence electrons. The largest absolute Gasteiger partial charge is 0.341 e. The van der Waals surface area contributed by atoms with Crippen LogP contribution in [-0.4, -0.2) is 38.4 Å². The molecule has 5 nitrogen and oxygen atoms in total. The zero-order chi connectivity index (χ0) is 14.0. The quantitative estimate of drug-likeness (QED) is 0.874. The maximum atomic E-state index is 12.4. The van der Waals surface area contributed by atoms with Crippen molar-refractivity contribution >= 4 is 29.2 Å². The smallest absolute Gasteiger partial charge is 0.245 e. The van der Waals surface area contributed by atoms with Gasteiger partial charge in [0.2, 0.25) is 5.91 Å². The molecule has 2 aromatic heterocycles. The third kappa shape index (κ3) is 2.40. The van der Waals surface area contributed by atoms with Gasteiger partial charge in [0.05, 0.1) is 17.2 Å². The van der Waals surface area contributed by atoms with Crippen LogP contribution in [0.4, 0.5) is 0 Å². The van der Waals surface area contributed by atoms with Gasteiger partial charge in [0.25, 0.3) is 0 Å². The highest BCUT2D eigenvalue weighted by atomic mass is 32.1. The van der Waals surface area contributed by atoms with Crippen molar-refractivity contribution in [2.45, 2.75) is 26.8 Å². The Morgan fingerprint density at radius 2 is 2.21 bits per heavy atom. The Labute approximate surface area is 117 Å². The van der Waals surface area contributed by atoms with Crippen LogP contribution in [0.3, 0.4) is 0 Å². The number of carbonyl (C=O) groups is 1. The summed E-state index contributed by atoms with van der Waals surface area (Å²) in [6, 6.07) is 1.55. The summed E-state index contributed by atoms with van der Waals surface area (Å²) >= 11 is 5.32. The van der Waals surface area contributed by atoms with E-state index < -0.39 is 0 Å². The molecule has 0 aliphatic heterocycles. The predicted octanol–water partition coefficient (Wildman–Crippen LogP) is 2.52. The topological polar surface area (TPSA) is 53.9 Å². The van der Waals surface area contributed by atoms with Gasteiger partial charge in [-0.2, -0.15) is 0 Å². The number of aromatic nitrogens is 3. The van der Waals surface area contributed by atoms with Crippen molar-refractivity contribution in [3.8, 4) is 0 Å². The lowest BCUT2D eigenvalue weighted by Gasteiger charge is -2.23. The highest BCUT2D eigenvalue weighted by Gasteiger charge is 2.22. The van der Waals surface area contributed by atoms with Gasteiger partial charge >= 0.3 is 0 Å². The fourth-order valence-electron chi connectivity index (χ4n) is 2.27. The molecule has 1 amide bonds. The monoisotopic (exact) mass is 278 g/mol. The number of nitrogens with one attached hydrogen (secondary N) is 1. The molecule has 0 radical (unpaired) electrons. The Hall–Kier alpha value is -1.69. The van der Waals surface area contributed by atoms with E-state index in [0.717, 1.165) is 11.0 Å². The first-order chi connectivity index (χ1) is 9.10. The number of amides is 1. The summed E-state index contributed by atoms with van der Waals surface area (Å²) in [5, 5.41) is 0. The molecule has 1 unspecified atom stereocenters. The van der Waals surface area contributed by atoms with E-state index in [1.165, 1.54) is 0 Å². The van der Waals surface area contributed by atoms with Gasteiger partial charge in [-0.3, -0.25) is 9.78 Å². The summed E-state index contributed by atoms with van der Waals surface area (Å²) in [6.07, 6.45) is 3.42. The van der Waals surface area contributed by atoms with Crippen LogP contribution < -0.4 is 0 Å². The van der Waals surface area contributed by atoms with Crippen LogP contribution in [0.25, 0.3) is 11.0 Å². The molecule has 0 aliphatic rings. The summed E-state index contributed by atoms with van der Waals surface area (Å²) in [6.45, 7) is 7.25. The maximum Gasteiger partial charge on any atom is 0.245 e. The van der Waals surface area contributed by atoms with Gasteiger partial charge < -0.3 is 14.5 Å². The lowest BCUT2D eigenvalue weighted by atomic mass is 10.2. The van der Waals surface area contributed by atoms with Gasteiger partial charge in [0, 0.05) is 19.3 Å². The van der Waals surface area contributed by atoms with Crippen molar-refractivity contribution in [2.24, 2.45) is 0 Å². The minimum Gasteiger partial charge on any atom is -0.341 e. The summed E-state index contributed by atoms with van der Waals surface area (Å²) in [5.41, 5.74) is 1.76. The van der Waals surface area contributed by atoms with Crippen molar-refractivity contribution in [2.75, 3.05) is 13.1 Å². The van der Waals surface area contributed by atoms with Crippen molar-refractivity contribution in [3.05, 3.63) is 23.2 Å². The molecule has 0 fully saturated rings. The predicted molar refractivity (Wildman–Crippen MR) is 77.6 cm³/mol. The zero-order valence-corrected chi connectivity index (χ0v) is 12.2. The van der Waals surface area contributed by atoms with Crippen LogP contribution in [0.1, 0.15) is 26.8 Å². The molecule has 0 aromatic carbocycles. The van der Waals surface area contributed by atoms with Crippen LogP contribution in [0.15, 0.2) is 18.5 Å². The van der Waals surface area contributed by atoms with E-state index in [9.17, 15) is 4.79 Å². The fraction of sp³-hybridized carbons (Fsp3) is 0.462. The third-order valence-corrected chi connectivity index (χ3v) is 3.64. The molecule has 1 N–H and O–H groups in total. The van der Waals surface area contributed by atoms with E-state index in [0.29, 0.717) is 17.9 Å². The number of fused-ring (bicyclic) bond motifs is 1. The highest BCUT2D eigenvalue weighted by Crippen LogP contribution is 2.19. The maximum absolute atomic E-state index is 12.4. The van der Waals surface area contributed by atoms with Crippen LogP contribution in [0, 0.1) is 4.77 Å². The van der Waals surface area contributed by atoms with Crippen molar-refractivity contribution < 1.29 is 4.79 Å². The number of aromatic amines is 1. The standard InChI is InChI=1S/C13H18N4OS/c1-4-16(5-2)12(18)9(3)17-11-6-7-14-8-10(11)15-13(17)19/h6-9H,4-5H2,1-3H3,(H,15,19). The molecule has 0 spiro atoms. The number of pyridine rings is 1. The van der Waals surface area contributed by atoms with Crippen molar-refractivity contribution in [3.63, 3.8) is 0 Å². The summed E-state index contributed by atoms with van der Waals surface area (Å²) in [7, 11) is 0. The second kappa shape index (κ2) is 5.52. The molecule has 2 rings (SSSR count). The minimum absolute atomic E-state index is 0.0822. The fourth-order valence-corrected chi connectivity index (χ4v) is 2.64. The highest BCUT2D eigenvalue weighted by molar-refractivity contribution is 7.71.